The number of nitrogens with one attached hydrogen (secondary N) is 1. The highest BCUT2D eigenvalue weighted by Crippen LogP contribution is 2.33. The van der Waals surface area contributed by atoms with Crippen molar-refractivity contribution in [3.8, 4) is 0 Å². The average molecular weight is 346 g/mol. The van der Waals surface area contributed by atoms with E-state index >= 15 is 0 Å². The molecule has 6 heteroatoms. The first-order valence-corrected chi connectivity index (χ1v) is 8.85. The number of hydrogen-bond donors (Lipinski definition) is 2. The van der Waals surface area contributed by atoms with Crippen LogP contribution >= 0.6 is 0 Å². The van der Waals surface area contributed by atoms with Crippen molar-refractivity contribution in [2.24, 2.45) is 5.92 Å². The molecule has 1 heterocycles. The topological polar surface area (TPSA) is 86.7 Å². The quantitative estimate of drug-likeness (QED) is 0.754. The van der Waals surface area contributed by atoms with Crippen LogP contribution in [0.2, 0.25) is 0 Å². The van der Waals surface area contributed by atoms with E-state index in [4.69, 9.17) is 0 Å². The van der Waals surface area contributed by atoms with Crippen molar-refractivity contribution in [2.75, 3.05) is 19.6 Å². The van der Waals surface area contributed by atoms with E-state index in [1.54, 1.807) is 4.90 Å². The lowest BCUT2D eigenvalue weighted by atomic mass is 9.89. The molecule has 0 unspecified atom stereocenters. The summed E-state index contributed by atoms with van der Waals surface area (Å²) in [4.78, 5) is 37.1. The molecule has 0 radical (unpaired) electrons. The number of benzene rings is 1. The minimum Gasteiger partial charge on any atom is -0.481 e. The van der Waals surface area contributed by atoms with Crippen molar-refractivity contribution >= 4 is 17.8 Å². The number of amides is 2. The van der Waals surface area contributed by atoms with Gasteiger partial charge in [-0.25, -0.2) is 0 Å². The molecular formula is C19H26N2O4. The van der Waals surface area contributed by atoms with E-state index in [9.17, 15) is 19.5 Å². The fourth-order valence-corrected chi connectivity index (χ4v) is 3.21. The van der Waals surface area contributed by atoms with E-state index in [0.717, 1.165) is 12.0 Å². The van der Waals surface area contributed by atoms with Crippen LogP contribution in [0.25, 0.3) is 0 Å². The summed E-state index contributed by atoms with van der Waals surface area (Å²) in [5, 5.41) is 12.3. The summed E-state index contributed by atoms with van der Waals surface area (Å²) in [6.07, 6.45) is 1.96. The summed E-state index contributed by atoms with van der Waals surface area (Å²) >= 11 is 0. The summed E-state index contributed by atoms with van der Waals surface area (Å²) in [6, 6.07) is 9.47. The predicted octanol–water partition coefficient (Wildman–Crippen LogP) is 2.01. The summed E-state index contributed by atoms with van der Waals surface area (Å²) < 4.78 is 0. The number of carboxylic acid groups (broad SMARTS) is 1. The van der Waals surface area contributed by atoms with E-state index in [0.29, 0.717) is 25.9 Å². The summed E-state index contributed by atoms with van der Waals surface area (Å²) in [5.41, 5.74) is 0.948. The Balaban J connectivity index is 1.89. The number of likely N-dealkylation sites (tertiary alicyclic amines) is 1. The normalized spacial score (nSPS) is 19.6. The Morgan fingerprint density at radius 1 is 1.16 bits per heavy atom. The van der Waals surface area contributed by atoms with Crippen molar-refractivity contribution in [3.05, 3.63) is 35.9 Å². The molecule has 6 nitrogen and oxygen atoms in total. The lowest BCUT2D eigenvalue weighted by Gasteiger charge is -2.16. The SMILES string of the molecule is CCCNC(=O)CCCC(=O)N1C[C@H](C(=O)O)[C@H](c2ccccc2)C1. The van der Waals surface area contributed by atoms with E-state index in [2.05, 4.69) is 5.32 Å². The lowest BCUT2D eigenvalue weighted by Crippen LogP contribution is -2.30. The number of hydrogen-bond acceptors (Lipinski definition) is 3. The average Bonchev–Trinajstić information content (AvgIpc) is 3.06. The molecule has 1 aromatic rings. The second-order valence-electron chi connectivity index (χ2n) is 6.46. The molecule has 1 aliphatic rings. The Bertz CT molecular complexity index is 603. The first kappa shape index (κ1) is 19.0. The second-order valence-corrected chi connectivity index (χ2v) is 6.46. The summed E-state index contributed by atoms with van der Waals surface area (Å²) in [6.45, 7) is 3.29. The fourth-order valence-electron chi connectivity index (χ4n) is 3.21. The van der Waals surface area contributed by atoms with Gasteiger partial charge in [-0.15, -0.1) is 0 Å². The molecule has 1 aliphatic heterocycles. The zero-order valence-electron chi connectivity index (χ0n) is 14.6. The van der Waals surface area contributed by atoms with Crippen LogP contribution in [0.1, 0.15) is 44.1 Å². The molecule has 1 aromatic carbocycles. The summed E-state index contributed by atoms with van der Waals surface area (Å²) in [7, 11) is 0. The molecule has 136 valence electrons. The molecular weight excluding hydrogens is 320 g/mol. The maximum absolute atomic E-state index is 12.4. The third-order valence-electron chi connectivity index (χ3n) is 4.58. The van der Waals surface area contributed by atoms with E-state index in [1.807, 2.05) is 37.3 Å². The number of aliphatic carboxylic acids is 1. The van der Waals surface area contributed by atoms with Crippen LogP contribution in [0, 0.1) is 5.92 Å². The maximum atomic E-state index is 12.4. The van der Waals surface area contributed by atoms with Crippen molar-refractivity contribution < 1.29 is 19.5 Å². The molecule has 2 amide bonds. The molecule has 2 N–H and O–H groups in total. The smallest absolute Gasteiger partial charge is 0.308 e. The van der Waals surface area contributed by atoms with Crippen LogP contribution in [0.5, 0.6) is 0 Å². The molecule has 0 aliphatic carbocycles. The Morgan fingerprint density at radius 3 is 2.52 bits per heavy atom. The zero-order chi connectivity index (χ0) is 18.2. The zero-order valence-corrected chi connectivity index (χ0v) is 14.6. The van der Waals surface area contributed by atoms with Gasteiger partial charge in [-0.1, -0.05) is 37.3 Å². The number of nitrogens with zero attached hydrogens (tertiary/aromatic N) is 1. The third kappa shape index (κ3) is 5.31. The first-order valence-electron chi connectivity index (χ1n) is 8.85. The van der Waals surface area contributed by atoms with Gasteiger partial charge in [0.05, 0.1) is 5.92 Å². The third-order valence-corrected chi connectivity index (χ3v) is 4.58. The number of carbonyl (C=O) groups excluding carboxylic acids is 2. The number of carbonyl (C=O) groups is 3. The van der Waals surface area contributed by atoms with E-state index in [1.165, 1.54) is 0 Å². The van der Waals surface area contributed by atoms with Gasteiger partial charge in [0.25, 0.3) is 0 Å². The van der Waals surface area contributed by atoms with Crippen molar-refractivity contribution in [2.45, 2.75) is 38.5 Å². The molecule has 0 aromatic heterocycles. The minimum absolute atomic E-state index is 0.0401. The molecule has 0 bridgehead atoms. The van der Waals surface area contributed by atoms with Gasteiger partial charge in [0.2, 0.25) is 11.8 Å². The standard InChI is InChI=1S/C19H26N2O4/c1-2-11-20-17(22)9-6-10-18(23)21-12-15(16(13-21)19(24)25)14-7-4-3-5-8-14/h3-5,7-8,15-16H,2,6,9-13H2,1H3,(H,20,22)(H,24,25)/t15-,16-/m0/s1. The Labute approximate surface area is 148 Å². The van der Waals surface area contributed by atoms with Crippen LogP contribution in [0.3, 0.4) is 0 Å². The maximum Gasteiger partial charge on any atom is 0.308 e. The highest BCUT2D eigenvalue weighted by molar-refractivity contribution is 5.81. The van der Waals surface area contributed by atoms with Crippen LogP contribution in [0.4, 0.5) is 0 Å². The summed E-state index contributed by atoms with van der Waals surface area (Å²) in [5.74, 6) is -1.76. The Hall–Kier alpha value is -2.37. The second kappa shape index (κ2) is 9.20. The van der Waals surface area contributed by atoms with Crippen LogP contribution in [0.15, 0.2) is 30.3 Å². The number of carboxylic acids is 1. The minimum atomic E-state index is -0.872. The van der Waals surface area contributed by atoms with Gasteiger partial charge in [0.15, 0.2) is 0 Å². The molecule has 1 fully saturated rings. The first-order chi connectivity index (χ1) is 12.0. The number of rotatable bonds is 8. The van der Waals surface area contributed by atoms with Gasteiger partial charge in [0, 0.05) is 38.4 Å². The van der Waals surface area contributed by atoms with Crippen LogP contribution < -0.4 is 5.32 Å². The largest absolute Gasteiger partial charge is 0.481 e. The van der Waals surface area contributed by atoms with Gasteiger partial charge in [-0.3, -0.25) is 14.4 Å². The Kier molecular flexibility index (Phi) is 6.98. The van der Waals surface area contributed by atoms with Gasteiger partial charge in [-0.05, 0) is 18.4 Å². The molecule has 0 spiro atoms. The van der Waals surface area contributed by atoms with E-state index < -0.39 is 11.9 Å². The van der Waals surface area contributed by atoms with Gasteiger partial charge in [-0.2, -0.15) is 0 Å². The molecule has 2 atom stereocenters. The van der Waals surface area contributed by atoms with Gasteiger partial charge >= 0.3 is 5.97 Å². The Morgan fingerprint density at radius 2 is 1.88 bits per heavy atom. The monoisotopic (exact) mass is 346 g/mol. The van der Waals surface area contributed by atoms with Crippen LogP contribution in [-0.2, 0) is 14.4 Å². The molecule has 0 saturated carbocycles. The van der Waals surface area contributed by atoms with Gasteiger partial charge in [0.1, 0.15) is 0 Å². The van der Waals surface area contributed by atoms with Crippen molar-refractivity contribution in [3.63, 3.8) is 0 Å². The highest BCUT2D eigenvalue weighted by Gasteiger charge is 2.40. The molecule has 25 heavy (non-hydrogen) atoms. The molecule has 1 saturated heterocycles. The highest BCUT2D eigenvalue weighted by atomic mass is 16.4. The van der Waals surface area contributed by atoms with Crippen molar-refractivity contribution in [1.82, 2.24) is 10.2 Å². The van der Waals surface area contributed by atoms with Crippen molar-refractivity contribution in [1.29, 1.82) is 0 Å². The lowest BCUT2D eigenvalue weighted by molar-refractivity contribution is -0.141. The van der Waals surface area contributed by atoms with E-state index in [-0.39, 0.29) is 30.7 Å². The van der Waals surface area contributed by atoms with Gasteiger partial charge < -0.3 is 15.3 Å². The predicted molar refractivity (Wildman–Crippen MR) is 94.0 cm³/mol. The van der Waals surface area contributed by atoms with Crippen LogP contribution in [-0.4, -0.2) is 47.4 Å². The fraction of sp³-hybridized carbons (Fsp3) is 0.526. The molecule has 2 rings (SSSR count).